The molecule has 3 N–H and O–H groups in total. The summed E-state index contributed by atoms with van der Waals surface area (Å²) < 4.78 is 11.3. The van der Waals surface area contributed by atoms with Gasteiger partial charge in [0, 0.05) is 33.7 Å². The van der Waals surface area contributed by atoms with E-state index in [1.807, 2.05) is 0 Å². The van der Waals surface area contributed by atoms with E-state index >= 15 is 0 Å². The Hall–Kier alpha value is -1.40. The van der Waals surface area contributed by atoms with Crippen molar-refractivity contribution in [2.45, 2.75) is 42.7 Å². The number of anilines is 1. The van der Waals surface area contributed by atoms with Crippen molar-refractivity contribution >= 4 is 22.5 Å². The summed E-state index contributed by atoms with van der Waals surface area (Å²) in [5, 5.41) is 15.1. The first kappa shape index (κ1) is 15.0. The van der Waals surface area contributed by atoms with E-state index < -0.39 is 10.8 Å². The third kappa shape index (κ3) is 4.31. The van der Waals surface area contributed by atoms with Crippen LogP contribution in [-0.2, 0) is 10.8 Å². The summed E-state index contributed by atoms with van der Waals surface area (Å²) in [7, 11) is -1.01. The van der Waals surface area contributed by atoms with Crippen LogP contribution < -0.4 is 10.6 Å². The number of amides is 2. The van der Waals surface area contributed by atoms with E-state index in [9.17, 15) is 14.1 Å². The predicted molar refractivity (Wildman–Crippen MR) is 79.2 cm³/mol. The molecule has 0 aromatic heterocycles. The lowest BCUT2D eigenvalue weighted by Crippen LogP contribution is -2.40. The Morgan fingerprint density at radius 3 is 2.35 bits per heavy atom. The molecule has 1 aliphatic carbocycles. The number of aliphatic hydroxyl groups excluding tert-OH is 1. The monoisotopic (exact) mass is 296 g/mol. The normalized spacial score (nSPS) is 23.9. The van der Waals surface area contributed by atoms with E-state index in [-0.39, 0.29) is 18.2 Å². The molecule has 20 heavy (non-hydrogen) atoms. The molecule has 2 amide bonds. The maximum atomic E-state index is 11.8. The number of nitrogens with one attached hydrogen (secondary N) is 2. The van der Waals surface area contributed by atoms with Crippen LogP contribution in [0.1, 0.15) is 25.7 Å². The van der Waals surface area contributed by atoms with E-state index in [4.69, 9.17) is 0 Å². The van der Waals surface area contributed by atoms with E-state index in [0.717, 1.165) is 30.6 Å². The summed E-state index contributed by atoms with van der Waals surface area (Å²) in [6.07, 6.45) is 4.49. The maximum Gasteiger partial charge on any atom is 0.319 e. The third-order valence-corrected chi connectivity index (χ3v) is 4.41. The Balaban J connectivity index is 1.83. The topological polar surface area (TPSA) is 78.4 Å². The Labute approximate surface area is 121 Å². The van der Waals surface area contributed by atoms with Crippen LogP contribution in [0.25, 0.3) is 0 Å². The molecular weight excluding hydrogens is 276 g/mol. The highest BCUT2D eigenvalue weighted by Crippen LogP contribution is 2.18. The van der Waals surface area contributed by atoms with Gasteiger partial charge in [-0.15, -0.1) is 0 Å². The molecule has 0 saturated heterocycles. The Morgan fingerprint density at radius 1 is 1.20 bits per heavy atom. The third-order valence-electron chi connectivity index (χ3n) is 3.48. The van der Waals surface area contributed by atoms with Crippen molar-refractivity contribution < 1.29 is 14.1 Å². The second kappa shape index (κ2) is 6.85. The standard InChI is InChI=1S/C14H20N2O3S/c1-20(19)13-8-4-11(5-9-13)16-14(18)15-10-2-6-12(17)7-3-10/h4-5,8-10,12,17H,2-3,6-7H2,1H3,(H2,15,16,18). The molecule has 1 unspecified atom stereocenters. The molecule has 110 valence electrons. The smallest absolute Gasteiger partial charge is 0.319 e. The Kier molecular flexibility index (Phi) is 5.14. The summed E-state index contributed by atoms with van der Waals surface area (Å²) in [4.78, 5) is 12.6. The van der Waals surface area contributed by atoms with Gasteiger partial charge in [0.05, 0.1) is 6.10 Å². The lowest BCUT2D eigenvalue weighted by molar-refractivity contribution is 0.118. The zero-order valence-corrected chi connectivity index (χ0v) is 12.3. The molecule has 1 aromatic rings. The highest BCUT2D eigenvalue weighted by atomic mass is 32.2. The molecular formula is C14H20N2O3S. The zero-order valence-electron chi connectivity index (χ0n) is 11.5. The van der Waals surface area contributed by atoms with Gasteiger partial charge in [0.25, 0.3) is 0 Å². The summed E-state index contributed by atoms with van der Waals surface area (Å²) in [6.45, 7) is 0. The molecule has 1 saturated carbocycles. The van der Waals surface area contributed by atoms with Crippen LogP contribution in [0, 0.1) is 0 Å². The van der Waals surface area contributed by atoms with Gasteiger partial charge in [0.2, 0.25) is 0 Å². The molecule has 0 aliphatic heterocycles. The largest absolute Gasteiger partial charge is 0.393 e. The van der Waals surface area contributed by atoms with Crippen molar-refractivity contribution in [2.24, 2.45) is 0 Å². The molecule has 0 heterocycles. The number of rotatable bonds is 3. The summed E-state index contributed by atoms with van der Waals surface area (Å²) in [5.74, 6) is 0. The molecule has 1 fully saturated rings. The highest BCUT2D eigenvalue weighted by molar-refractivity contribution is 7.84. The van der Waals surface area contributed by atoms with E-state index in [0.29, 0.717) is 5.69 Å². The maximum absolute atomic E-state index is 11.8. The second-order valence-electron chi connectivity index (χ2n) is 5.08. The number of aliphatic hydroxyl groups is 1. The van der Waals surface area contributed by atoms with Gasteiger partial charge in [-0.05, 0) is 49.9 Å². The Morgan fingerprint density at radius 2 is 1.80 bits per heavy atom. The number of carbonyl (C=O) groups is 1. The van der Waals surface area contributed by atoms with Crippen molar-refractivity contribution in [1.29, 1.82) is 0 Å². The molecule has 0 radical (unpaired) electrons. The van der Waals surface area contributed by atoms with Crippen LogP contribution in [0.5, 0.6) is 0 Å². The minimum absolute atomic E-state index is 0.126. The van der Waals surface area contributed by atoms with Crippen molar-refractivity contribution in [2.75, 3.05) is 11.6 Å². The van der Waals surface area contributed by atoms with Crippen LogP contribution >= 0.6 is 0 Å². The van der Waals surface area contributed by atoms with E-state index in [1.165, 1.54) is 0 Å². The van der Waals surface area contributed by atoms with Gasteiger partial charge in [0.1, 0.15) is 0 Å². The van der Waals surface area contributed by atoms with Gasteiger partial charge in [-0.25, -0.2) is 4.79 Å². The van der Waals surface area contributed by atoms with Gasteiger partial charge in [-0.3, -0.25) is 4.21 Å². The van der Waals surface area contributed by atoms with Crippen LogP contribution in [-0.4, -0.2) is 33.7 Å². The fourth-order valence-electron chi connectivity index (χ4n) is 2.30. The van der Waals surface area contributed by atoms with Gasteiger partial charge >= 0.3 is 6.03 Å². The lowest BCUT2D eigenvalue weighted by Gasteiger charge is -2.26. The average molecular weight is 296 g/mol. The van der Waals surface area contributed by atoms with Crippen molar-refractivity contribution in [3.63, 3.8) is 0 Å². The fourth-order valence-corrected chi connectivity index (χ4v) is 2.82. The first-order chi connectivity index (χ1) is 9.54. The Bertz CT molecular complexity index is 482. The quantitative estimate of drug-likeness (QED) is 0.796. The molecule has 0 bridgehead atoms. The molecule has 1 aliphatic rings. The molecule has 1 atom stereocenters. The van der Waals surface area contributed by atoms with Crippen LogP contribution in [0.15, 0.2) is 29.2 Å². The average Bonchev–Trinajstić information content (AvgIpc) is 2.42. The number of benzene rings is 1. The van der Waals surface area contributed by atoms with E-state index in [2.05, 4.69) is 10.6 Å². The van der Waals surface area contributed by atoms with Gasteiger partial charge in [-0.2, -0.15) is 0 Å². The minimum atomic E-state index is -1.01. The molecule has 2 rings (SSSR count). The van der Waals surface area contributed by atoms with Crippen LogP contribution in [0.4, 0.5) is 10.5 Å². The zero-order chi connectivity index (χ0) is 14.5. The van der Waals surface area contributed by atoms with Crippen molar-refractivity contribution in [3.05, 3.63) is 24.3 Å². The van der Waals surface area contributed by atoms with Crippen LogP contribution in [0.2, 0.25) is 0 Å². The number of hydrogen-bond acceptors (Lipinski definition) is 3. The molecule has 1 aromatic carbocycles. The van der Waals surface area contributed by atoms with Gasteiger partial charge in [0.15, 0.2) is 0 Å². The first-order valence-corrected chi connectivity index (χ1v) is 8.29. The van der Waals surface area contributed by atoms with Crippen LogP contribution in [0.3, 0.4) is 0 Å². The summed E-state index contributed by atoms with van der Waals surface area (Å²) in [5.41, 5.74) is 0.674. The lowest BCUT2D eigenvalue weighted by atomic mass is 9.93. The molecule has 6 heteroatoms. The van der Waals surface area contributed by atoms with Gasteiger partial charge < -0.3 is 15.7 Å². The van der Waals surface area contributed by atoms with Crippen molar-refractivity contribution in [3.8, 4) is 0 Å². The number of carbonyl (C=O) groups excluding carboxylic acids is 1. The van der Waals surface area contributed by atoms with Gasteiger partial charge in [-0.1, -0.05) is 0 Å². The number of urea groups is 1. The first-order valence-electron chi connectivity index (χ1n) is 6.73. The predicted octanol–water partition coefficient (Wildman–Crippen LogP) is 1.85. The highest BCUT2D eigenvalue weighted by Gasteiger charge is 2.20. The summed E-state index contributed by atoms with van der Waals surface area (Å²) >= 11 is 0. The van der Waals surface area contributed by atoms with Crippen molar-refractivity contribution in [1.82, 2.24) is 5.32 Å². The fraction of sp³-hybridized carbons (Fsp3) is 0.500. The minimum Gasteiger partial charge on any atom is -0.393 e. The molecule has 5 nitrogen and oxygen atoms in total. The molecule has 0 spiro atoms. The van der Waals surface area contributed by atoms with E-state index in [1.54, 1.807) is 30.5 Å². The second-order valence-corrected chi connectivity index (χ2v) is 6.46. The number of hydrogen-bond donors (Lipinski definition) is 3. The summed E-state index contributed by atoms with van der Waals surface area (Å²) in [6, 6.07) is 6.84. The SMILES string of the molecule is CS(=O)c1ccc(NC(=O)NC2CCC(O)CC2)cc1.